The minimum atomic E-state index is -0.118. The van der Waals surface area contributed by atoms with Crippen LogP contribution in [0.5, 0.6) is 0 Å². The predicted molar refractivity (Wildman–Crippen MR) is 270 cm³/mol. The SMILES string of the molecule is CC1(C)c2ccccc2-c2cccc(-c3cccc(-c4ccc5oc6cccc(-c7nc(-c8cccc(-c9ccccc9)c8)nc(-c8cccc9sc%10ccccc%10c89)n7)c6c5c4)c3)c21. The summed E-state index contributed by atoms with van der Waals surface area (Å²) in [7, 11) is 0. The van der Waals surface area contributed by atoms with Gasteiger partial charge in [-0.3, -0.25) is 0 Å². The zero-order chi connectivity index (χ0) is 43.2. The number of nitrogens with zero attached hydrogens (tertiary/aromatic N) is 3. The molecule has 0 amide bonds. The number of fused-ring (bicyclic) bond motifs is 9. The first-order valence-electron chi connectivity index (χ1n) is 22.1. The first-order chi connectivity index (χ1) is 32.0. The van der Waals surface area contributed by atoms with Crippen LogP contribution in [0.4, 0.5) is 0 Å². The van der Waals surface area contributed by atoms with Crippen LogP contribution in [0.25, 0.3) is 121 Å². The third-order valence-electron chi connectivity index (χ3n) is 13.3. The molecule has 5 heteroatoms. The molecule has 13 rings (SSSR count). The van der Waals surface area contributed by atoms with Crippen molar-refractivity contribution >= 4 is 53.4 Å². The Balaban J connectivity index is 0.984. The molecule has 0 atom stereocenters. The van der Waals surface area contributed by atoms with Crippen LogP contribution in [0.2, 0.25) is 0 Å². The first kappa shape index (κ1) is 37.6. The summed E-state index contributed by atoms with van der Waals surface area (Å²) >= 11 is 1.79. The molecule has 0 unspecified atom stereocenters. The average Bonchev–Trinajstić information content (AvgIpc) is 4.01. The van der Waals surface area contributed by atoms with Gasteiger partial charge in [-0.05, 0) is 98.1 Å². The summed E-state index contributed by atoms with van der Waals surface area (Å²) in [6, 6.07) is 71.3. The van der Waals surface area contributed by atoms with Gasteiger partial charge in [-0.25, -0.2) is 15.0 Å². The summed E-state index contributed by atoms with van der Waals surface area (Å²) in [5, 5.41) is 4.33. The van der Waals surface area contributed by atoms with Gasteiger partial charge in [-0.2, -0.15) is 0 Å². The number of rotatable bonds is 6. The predicted octanol–water partition coefficient (Wildman–Crippen LogP) is 16.4. The molecule has 9 aromatic carbocycles. The summed E-state index contributed by atoms with van der Waals surface area (Å²) < 4.78 is 9.05. The topological polar surface area (TPSA) is 51.8 Å². The molecule has 0 N–H and O–H groups in total. The highest BCUT2D eigenvalue weighted by Gasteiger charge is 2.37. The lowest BCUT2D eigenvalue weighted by Gasteiger charge is -2.24. The van der Waals surface area contributed by atoms with Crippen molar-refractivity contribution in [2.24, 2.45) is 0 Å². The molecule has 0 saturated heterocycles. The van der Waals surface area contributed by atoms with E-state index in [1.54, 1.807) is 11.3 Å². The van der Waals surface area contributed by atoms with Gasteiger partial charge in [0.15, 0.2) is 17.5 Å². The molecule has 0 saturated carbocycles. The highest BCUT2D eigenvalue weighted by molar-refractivity contribution is 7.25. The molecule has 306 valence electrons. The number of benzene rings is 9. The van der Waals surface area contributed by atoms with Gasteiger partial charge in [-0.15, -0.1) is 11.3 Å². The van der Waals surface area contributed by atoms with Crippen LogP contribution in [-0.4, -0.2) is 15.0 Å². The van der Waals surface area contributed by atoms with E-state index in [1.807, 2.05) is 18.2 Å². The minimum absolute atomic E-state index is 0.118. The standard InChI is InChI=1S/C60H39N3OS/c1-60(2)49-27-8-6-21-43(49)44-24-12-23-42(56(44)60)40-19-10-18-38(33-40)39-31-32-50-48(35-39)54-46(25-13-28-51(54)64-50)58-61-57(41-20-11-17-37(34-41)36-15-4-3-5-16-36)62-59(63-58)47-26-14-30-53-55(47)45-22-7-9-29-52(45)65-53/h3-35H,1-2H3. The maximum absolute atomic E-state index is 6.62. The third-order valence-corrected chi connectivity index (χ3v) is 14.5. The van der Waals surface area contributed by atoms with Crippen molar-refractivity contribution in [1.82, 2.24) is 15.0 Å². The van der Waals surface area contributed by atoms with Crippen LogP contribution >= 0.6 is 11.3 Å². The van der Waals surface area contributed by atoms with Crippen LogP contribution in [0, 0.1) is 0 Å². The minimum Gasteiger partial charge on any atom is -0.456 e. The van der Waals surface area contributed by atoms with Crippen molar-refractivity contribution in [3.63, 3.8) is 0 Å². The Kier molecular flexibility index (Phi) is 8.39. The largest absolute Gasteiger partial charge is 0.456 e. The number of thiophene rings is 1. The van der Waals surface area contributed by atoms with Crippen molar-refractivity contribution in [2.75, 3.05) is 0 Å². The van der Waals surface area contributed by atoms with Crippen LogP contribution in [0.3, 0.4) is 0 Å². The third kappa shape index (κ3) is 6.00. The van der Waals surface area contributed by atoms with Gasteiger partial charge in [0.25, 0.3) is 0 Å². The Bertz CT molecular complexity index is 3880. The molecular weight excluding hydrogens is 811 g/mol. The second-order valence-electron chi connectivity index (χ2n) is 17.5. The monoisotopic (exact) mass is 849 g/mol. The van der Waals surface area contributed by atoms with Gasteiger partial charge in [0.2, 0.25) is 0 Å². The van der Waals surface area contributed by atoms with E-state index in [0.717, 1.165) is 66.3 Å². The Hall–Kier alpha value is -7.99. The second-order valence-corrected chi connectivity index (χ2v) is 18.6. The number of hydrogen-bond acceptors (Lipinski definition) is 5. The molecular formula is C60H39N3OS. The van der Waals surface area contributed by atoms with Crippen molar-refractivity contribution in [3.05, 3.63) is 211 Å². The van der Waals surface area contributed by atoms with Crippen molar-refractivity contribution < 1.29 is 4.42 Å². The maximum atomic E-state index is 6.62. The highest BCUT2D eigenvalue weighted by Crippen LogP contribution is 2.52. The first-order valence-corrected chi connectivity index (χ1v) is 22.9. The average molecular weight is 850 g/mol. The van der Waals surface area contributed by atoms with Gasteiger partial charge in [-0.1, -0.05) is 172 Å². The molecule has 0 bridgehead atoms. The smallest absolute Gasteiger partial charge is 0.164 e. The lowest BCUT2D eigenvalue weighted by atomic mass is 9.78. The van der Waals surface area contributed by atoms with Gasteiger partial charge in [0.1, 0.15) is 11.2 Å². The Morgan fingerprint density at radius 2 is 0.938 bits per heavy atom. The summed E-state index contributed by atoms with van der Waals surface area (Å²) in [6.07, 6.45) is 0. The Morgan fingerprint density at radius 3 is 1.80 bits per heavy atom. The van der Waals surface area contributed by atoms with Crippen LogP contribution < -0.4 is 0 Å². The van der Waals surface area contributed by atoms with Gasteiger partial charge < -0.3 is 4.42 Å². The Labute approximate surface area is 380 Å². The Morgan fingerprint density at radius 1 is 0.369 bits per heavy atom. The summed E-state index contributed by atoms with van der Waals surface area (Å²) in [5.74, 6) is 1.83. The molecule has 4 nitrogen and oxygen atoms in total. The van der Waals surface area contributed by atoms with Crippen molar-refractivity contribution in [1.29, 1.82) is 0 Å². The van der Waals surface area contributed by atoms with E-state index in [2.05, 4.69) is 196 Å². The van der Waals surface area contributed by atoms with Crippen LogP contribution in [0.1, 0.15) is 25.0 Å². The number of furan rings is 1. The molecule has 3 heterocycles. The summed E-state index contributed by atoms with van der Waals surface area (Å²) in [5.41, 5.74) is 16.6. The van der Waals surface area contributed by atoms with Crippen LogP contribution in [0.15, 0.2) is 205 Å². The lowest BCUT2D eigenvalue weighted by Crippen LogP contribution is -2.16. The molecule has 65 heavy (non-hydrogen) atoms. The fourth-order valence-corrected chi connectivity index (χ4v) is 11.5. The fraction of sp³-hybridized carbons (Fsp3) is 0.0500. The number of aromatic nitrogens is 3. The fourth-order valence-electron chi connectivity index (χ4n) is 10.3. The summed E-state index contributed by atoms with van der Waals surface area (Å²) in [6.45, 7) is 4.70. The van der Waals surface area contributed by atoms with E-state index in [9.17, 15) is 0 Å². The molecule has 1 aliphatic rings. The quantitative estimate of drug-likeness (QED) is 0.167. The van der Waals surface area contributed by atoms with Crippen molar-refractivity contribution in [2.45, 2.75) is 19.3 Å². The van der Waals surface area contributed by atoms with E-state index >= 15 is 0 Å². The molecule has 12 aromatic rings. The zero-order valence-corrected chi connectivity index (χ0v) is 36.5. The van der Waals surface area contributed by atoms with Crippen molar-refractivity contribution in [3.8, 4) is 78.7 Å². The maximum Gasteiger partial charge on any atom is 0.164 e. The van der Waals surface area contributed by atoms with Crippen LogP contribution in [-0.2, 0) is 5.41 Å². The second kappa shape index (κ2) is 14.5. The van der Waals surface area contributed by atoms with E-state index in [0.29, 0.717) is 17.5 Å². The molecule has 3 aromatic heterocycles. The molecule has 0 spiro atoms. The molecule has 1 aliphatic carbocycles. The van der Waals surface area contributed by atoms with E-state index < -0.39 is 0 Å². The molecule has 0 aliphatic heterocycles. The zero-order valence-electron chi connectivity index (χ0n) is 35.7. The molecule has 0 radical (unpaired) electrons. The highest BCUT2D eigenvalue weighted by atomic mass is 32.1. The molecule has 0 fully saturated rings. The van der Waals surface area contributed by atoms with Gasteiger partial charge in [0, 0.05) is 53.1 Å². The van der Waals surface area contributed by atoms with Gasteiger partial charge >= 0.3 is 0 Å². The van der Waals surface area contributed by atoms with Gasteiger partial charge in [0.05, 0.1) is 0 Å². The lowest BCUT2D eigenvalue weighted by molar-refractivity contribution is 0.662. The normalized spacial score (nSPS) is 12.9. The van der Waals surface area contributed by atoms with E-state index in [-0.39, 0.29) is 5.41 Å². The van der Waals surface area contributed by atoms with E-state index in [1.165, 1.54) is 48.2 Å². The number of hydrogen-bond donors (Lipinski definition) is 0. The van der Waals surface area contributed by atoms with E-state index in [4.69, 9.17) is 19.4 Å². The summed E-state index contributed by atoms with van der Waals surface area (Å²) in [4.78, 5) is 16.0.